The van der Waals surface area contributed by atoms with Gasteiger partial charge >= 0.3 is 0 Å². The van der Waals surface area contributed by atoms with Gasteiger partial charge in [0.1, 0.15) is 5.75 Å². The molecule has 6 heteroatoms. The maximum atomic E-state index is 12.1. The van der Waals surface area contributed by atoms with Gasteiger partial charge in [0.15, 0.2) is 9.84 Å². The number of anilines is 1. The fourth-order valence-corrected chi connectivity index (χ4v) is 2.73. The van der Waals surface area contributed by atoms with Gasteiger partial charge in [-0.1, -0.05) is 12.1 Å². The van der Waals surface area contributed by atoms with Crippen molar-refractivity contribution in [1.82, 2.24) is 0 Å². The molecule has 2 rings (SSSR count). The third-order valence-electron chi connectivity index (χ3n) is 2.99. The maximum Gasteiger partial charge on any atom is 0.255 e. The molecule has 0 aliphatic carbocycles. The summed E-state index contributed by atoms with van der Waals surface area (Å²) in [5, 5.41) is 2.76. The third-order valence-corrected chi connectivity index (χ3v) is 3.85. The summed E-state index contributed by atoms with van der Waals surface area (Å²) in [7, 11) is -1.50. The Balaban J connectivity index is 2.05. The van der Waals surface area contributed by atoms with Crippen molar-refractivity contribution in [3.63, 3.8) is 0 Å². The first kappa shape index (κ1) is 16.0. The number of ether oxygens (including phenoxy) is 1. The standard InChI is InChI=1S/C16H17NO4S/c1-21-15-9-7-14(8-10-15)17-16(18)13-5-3-12(4-6-13)11-22(2,19)20/h3-10H,11H2,1-2H3,(H,17,18). The number of rotatable bonds is 5. The molecule has 1 amide bonds. The van der Waals surface area contributed by atoms with E-state index in [1.54, 1.807) is 55.6 Å². The summed E-state index contributed by atoms with van der Waals surface area (Å²) in [5.41, 5.74) is 1.78. The van der Waals surface area contributed by atoms with Crippen LogP contribution in [-0.4, -0.2) is 27.7 Å². The number of methoxy groups -OCH3 is 1. The molecule has 0 spiro atoms. The molecule has 0 aromatic heterocycles. The van der Waals surface area contributed by atoms with Crippen LogP contribution in [0.5, 0.6) is 5.75 Å². The molecule has 0 saturated carbocycles. The summed E-state index contributed by atoms with van der Waals surface area (Å²) in [6, 6.07) is 13.5. The van der Waals surface area contributed by atoms with E-state index < -0.39 is 9.84 Å². The van der Waals surface area contributed by atoms with Gasteiger partial charge in [-0.2, -0.15) is 0 Å². The predicted octanol–water partition coefficient (Wildman–Crippen LogP) is 2.49. The largest absolute Gasteiger partial charge is 0.497 e. The first-order valence-corrected chi connectivity index (χ1v) is 8.65. The highest BCUT2D eigenvalue weighted by Crippen LogP contribution is 2.16. The van der Waals surface area contributed by atoms with Crippen molar-refractivity contribution in [3.8, 4) is 5.75 Å². The Kier molecular flexibility index (Phi) is 4.82. The van der Waals surface area contributed by atoms with Gasteiger partial charge in [-0.05, 0) is 42.0 Å². The minimum absolute atomic E-state index is 0.0343. The Morgan fingerprint density at radius 1 is 1.05 bits per heavy atom. The molecule has 0 aliphatic heterocycles. The highest BCUT2D eigenvalue weighted by Gasteiger charge is 2.08. The van der Waals surface area contributed by atoms with Crippen LogP contribution >= 0.6 is 0 Å². The van der Waals surface area contributed by atoms with Crippen molar-refractivity contribution < 1.29 is 17.9 Å². The quantitative estimate of drug-likeness (QED) is 0.919. The molecule has 2 aromatic carbocycles. The van der Waals surface area contributed by atoms with E-state index in [4.69, 9.17) is 4.74 Å². The predicted molar refractivity (Wildman–Crippen MR) is 85.9 cm³/mol. The highest BCUT2D eigenvalue weighted by molar-refractivity contribution is 7.89. The monoisotopic (exact) mass is 319 g/mol. The zero-order valence-electron chi connectivity index (χ0n) is 12.4. The summed E-state index contributed by atoms with van der Waals surface area (Å²) >= 11 is 0. The van der Waals surface area contributed by atoms with E-state index in [9.17, 15) is 13.2 Å². The minimum atomic E-state index is -3.08. The van der Waals surface area contributed by atoms with E-state index in [1.165, 1.54) is 6.26 Å². The number of carbonyl (C=O) groups is 1. The minimum Gasteiger partial charge on any atom is -0.497 e. The number of hydrogen-bond donors (Lipinski definition) is 1. The lowest BCUT2D eigenvalue weighted by molar-refractivity contribution is 0.102. The van der Waals surface area contributed by atoms with Crippen LogP contribution in [0.1, 0.15) is 15.9 Å². The van der Waals surface area contributed by atoms with E-state index in [1.807, 2.05) is 0 Å². The van der Waals surface area contributed by atoms with Gasteiger partial charge in [0, 0.05) is 17.5 Å². The summed E-state index contributed by atoms with van der Waals surface area (Å²) in [5.74, 6) is 0.423. The van der Waals surface area contributed by atoms with Crippen LogP contribution in [0.25, 0.3) is 0 Å². The van der Waals surface area contributed by atoms with Crippen LogP contribution in [-0.2, 0) is 15.6 Å². The van der Waals surface area contributed by atoms with Gasteiger partial charge < -0.3 is 10.1 Å². The topological polar surface area (TPSA) is 72.5 Å². The second-order valence-corrected chi connectivity index (χ2v) is 7.09. The molecule has 0 unspecified atom stereocenters. The Hall–Kier alpha value is -2.34. The number of sulfone groups is 1. The van der Waals surface area contributed by atoms with Crippen molar-refractivity contribution in [2.45, 2.75) is 5.75 Å². The summed E-state index contributed by atoms with van der Waals surface area (Å²) in [6.45, 7) is 0. The molecule has 2 aromatic rings. The van der Waals surface area contributed by atoms with Crippen LogP contribution in [0, 0.1) is 0 Å². The number of nitrogens with one attached hydrogen (secondary N) is 1. The number of carbonyl (C=O) groups excluding carboxylic acids is 1. The fourth-order valence-electron chi connectivity index (χ4n) is 1.93. The summed E-state index contributed by atoms with van der Waals surface area (Å²) < 4.78 is 27.5. The molecule has 0 aliphatic rings. The van der Waals surface area contributed by atoms with Crippen LogP contribution in [0.4, 0.5) is 5.69 Å². The SMILES string of the molecule is COc1ccc(NC(=O)c2ccc(CS(C)(=O)=O)cc2)cc1. The molecule has 0 atom stereocenters. The molecule has 0 heterocycles. The lowest BCUT2D eigenvalue weighted by Crippen LogP contribution is -2.12. The molecule has 0 bridgehead atoms. The van der Waals surface area contributed by atoms with E-state index in [0.717, 1.165) is 0 Å². The Labute approximate surface area is 129 Å². The van der Waals surface area contributed by atoms with Gasteiger partial charge in [0.25, 0.3) is 5.91 Å². The van der Waals surface area contributed by atoms with Gasteiger partial charge in [-0.3, -0.25) is 4.79 Å². The van der Waals surface area contributed by atoms with Crippen LogP contribution < -0.4 is 10.1 Å². The summed E-state index contributed by atoms with van der Waals surface area (Å²) in [4.78, 5) is 12.1. The van der Waals surface area contributed by atoms with Crippen molar-refractivity contribution in [2.75, 3.05) is 18.7 Å². The molecule has 0 radical (unpaired) electrons. The first-order chi connectivity index (χ1) is 10.4. The smallest absolute Gasteiger partial charge is 0.255 e. The first-order valence-electron chi connectivity index (χ1n) is 6.59. The van der Waals surface area contributed by atoms with Crippen molar-refractivity contribution in [3.05, 3.63) is 59.7 Å². The Morgan fingerprint density at radius 3 is 2.14 bits per heavy atom. The molecule has 5 nitrogen and oxygen atoms in total. The average molecular weight is 319 g/mol. The van der Waals surface area contributed by atoms with Gasteiger partial charge in [0.05, 0.1) is 12.9 Å². The van der Waals surface area contributed by atoms with Crippen LogP contribution in [0.3, 0.4) is 0 Å². The number of benzene rings is 2. The molecule has 22 heavy (non-hydrogen) atoms. The van der Waals surface area contributed by atoms with Crippen LogP contribution in [0.2, 0.25) is 0 Å². The van der Waals surface area contributed by atoms with E-state index in [2.05, 4.69) is 5.32 Å². The van der Waals surface area contributed by atoms with Gasteiger partial charge in [-0.15, -0.1) is 0 Å². The van der Waals surface area contributed by atoms with Crippen molar-refractivity contribution in [1.29, 1.82) is 0 Å². The van der Waals surface area contributed by atoms with Crippen molar-refractivity contribution >= 4 is 21.4 Å². The van der Waals surface area contributed by atoms with E-state index in [-0.39, 0.29) is 11.7 Å². The molecular weight excluding hydrogens is 302 g/mol. The second-order valence-electron chi connectivity index (χ2n) is 4.95. The zero-order chi connectivity index (χ0) is 16.2. The second kappa shape index (κ2) is 6.62. The average Bonchev–Trinajstić information content (AvgIpc) is 2.47. The zero-order valence-corrected chi connectivity index (χ0v) is 13.2. The molecular formula is C16H17NO4S. The normalized spacial score (nSPS) is 11.0. The van der Waals surface area contributed by atoms with Gasteiger partial charge in [-0.25, -0.2) is 8.42 Å². The Bertz CT molecular complexity index is 750. The van der Waals surface area contributed by atoms with Gasteiger partial charge in [0.2, 0.25) is 0 Å². The molecule has 0 saturated heterocycles. The Morgan fingerprint density at radius 2 is 1.64 bits per heavy atom. The highest BCUT2D eigenvalue weighted by atomic mass is 32.2. The number of hydrogen-bond acceptors (Lipinski definition) is 4. The fraction of sp³-hybridized carbons (Fsp3) is 0.188. The van der Waals surface area contributed by atoms with E-state index in [0.29, 0.717) is 22.6 Å². The third kappa shape index (κ3) is 4.60. The molecule has 1 N–H and O–H groups in total. The van der Waals surface area contributed by atoms with E-state index >= 15 is 0 Å². The lowest BCUT2D eigenvalue weighted by Gasteiger charge is -2.07. The number of amides is 1. The van der Waals surface area contributed by atoms with Crippen molar-refractivity contribution in [2.24, 2.45) is 0 Å². The molecule has 0 fully saturated rings. The van der Waals surface area contributed by atoms with Crippen LogP contribution in [0.15, 0.2) is 48.5 Å². The molecule has 116 valence electrons. The summed E-state index contributed by atoms with van der Waals surface area (Å²) in [6.07, 6.45) is 1.18. The maximum absolute atomic E-state index is 12.1. The lowest BCUT2D eigenvalue weighted by atomic mass is 10.1.